The number of nitrogens with zero attached hydrogens (tertiary/aromatic N) is 3. The smallest absolute Gasteiger partial charge is 0.225 e. The molecule has 2 aliphatic heterocycles. The van der Waals surface area contributed by atoms with Gasteiger partial charge in [0, 0.05) is 38.1 Å². The van der Waals surface area contributed by atoms with E-state index in [1.165, 1.54) is 6.42 Å². The Kier molecular flexibility index (Phi) is 5.94. The van der Waals surface area contributed by atoms with Crippen molar-refractivity contribution in [3.8, 4) is 0 Å². The Labute approximate surface area is 165 Å². The molecule has 2 atom stereocenters. The predicted octanol–water partition coefficient (Wildman–Crippen LogP) is 1.53. The SMILES string of the molecule is Cc1nc([C@@H]2CN(C(=O)C3CCCCC3)C[C@H]2NC(=O)C2CCOCC2)n[nH]1. The lowest BCUT2D eigenvalue weighted by molar-refractivity contribution is -0.136. The minimum atomic E-state index is -0.141. The van der Waals surface area contributed by atoms with Crippen LogP contribution in [0.4, 0.5) is 0 Å². The van der Waals surface area contributed by atoms with Crippen LogP contribution in [0.1, 0.15) is 62.5 Å². The summed E-state index contributed by atoms with van der Waals surface area (Å²) in [5.41, 5.74) is 0. The summed E-state index contributed by atoms with van der Waals surface area (Å²) < 4.78 is 5.37. The fourth-order valence-corrected chi connectivity index (χ4v) is 4.79. The van der Waals surface area contributed by atoms with E-state index in [9.17, 15) is 9.59 Å². The number of H-pyrrole nitrogens is 1. The molecule has 0 unspecified atom stereocenters. The molecular formula is C20H31N5O3. The molecule has 0 spiro atoms. The molecule has 0 aromatic carbocycles. The molecule has 8 heteroatoms. The van der Waals surface area contributed by atoms with Crippen LogP contribution >= 0.6 is 0 Å². The first-order valence-electron chi connectivity index (χ1n) is 10.7. The van der Waals surface area contributed by atoms with Crippen LogP contribution in [0.3, 0.4) is 0 Å². The fraction of sp³-hybridized carbons (Fsp3) is 0.800. The maximum atomic E-state index is 13.1. The molecule has 1 aromatic heterocycles. The first-order valence-corrected chi connectivity index (χ1v) is 10.7. The molecule has 2 amide bonds. The zero-order chi connectivity index (χ0) is 19.5. The first kappa shape index (κ1) is 19.4. The number of hydrogen-bond donors (Lipinski definition) is 2. The van der Waals surface area contributed by atoms with Gasteiger partial charge < -0.3 is 15.0 Å². The molecule has 3 aliphatic rings. The number of likely N-dealkylation sites (tertiary alicyclic amines) is 1. The van der Waals surface area contributed by atoms with Crippen molar-refractivity contribution >= 4 is 11.8 Å². The van der Waals surface area contributed by atoms with Gasteiger partial charge in [-0.05, 0) is 32.6 Å². The highest BCUT2D eigenvalue weighted by molar-refractivity contribution is 5.81. The Morgan fingerprint density at radius 1 is 1.07 bits per heavy atom. The third-order valence-electron chi connectivity index (χ3n) is 6.45. The van der Waals surface area contributed by atoms with Crippen LogP contribution in [0.5, 0.6) is 0 Å². The van der Waals surface area contributed by atoms with E-state index in [1.54, 1.807) is 0 Å². The van der Waals surface area contributed by atoms with Crippen LogP contribution in [0, 0.1) is 18.8 Å². The number of aryl methyl sites for hydroxylation is 1. The molecule has 4 rings (SSSR count). The normalized spacial score (nSPS) is 27.1. The summed E-state index contributed by atoms with van der Waals surface area (Å²) in [6.07, 6.45) is 6.99. The topological polar surface area (TPSA) is 100 Å². The summed E-state index contributed by atoms with van der Waals surface area (Å²) in [6, 6.07) is -0.141. The minimum Gasteiger partial charge on any atom is -0.381 e. The van der Waals surface area contributed by atoms with Gasteiger partial charge in [0.2, 0.25) is 11.8 Å². The average Bonchev–Trinajstić information content (AvgIpc) is 3.35. The maximum absolute atomic E-state index is 13.1. The largest absolute Gasteiger partial charge is 0.381 e. The second kappa shape index (κ2) is 8.59. The highest BCUT2D eigenvalue weighted by Crippen LogP contribution is 2.31. The van der Waals surface area contributed by atoms with Crippen molar-refractivity contribution in [2.45, 2.75) is 63.8 Å². The predicted molar refractivity (Wildman–Crippen MR) is 102 cm³/mol. The van der Waals surface area contributed by atoms with E-state index < -0.39 is 0 Å². The van der Waals surface area contributed by atoms with Crippen LogP contribution in [-0.2, 0) is 14.3 Å². The molecule has 0 radical (unpaired) electrons. The molecule has 3 fully saturated rings. The van der Waals surface area contributed by atoms with Crippen molar-refractivity contribution in [1.82, 2.24) is 25.4 Å². The van der Waals surface area contributed by atoms with Gasteiger partial charge in [0.15, 0.2) is 5.82 Å². The zero-order valence-electron chi connectivity index (χ0n) is 16.7. The molecule has 1 aliphatic carbocycles. The van der Waals surface area contributed by atoms with Gasteiger partial charge in [0.1, 0.15) is 5.82 Å². The van der Waals surface area contributed by atoms with E-state index >= 15 is 0 Å². The Morgan fingerprint density at radius 2 is 1.82 bits per heavy atom. The van der Waals surface area contributed by atoms with E-state index in [4.69, 9.17) is 4.74 Å². The van der Waals surface area contributed by atoms with Crippen molar-refractivity contribution in [3.05, 3.63) is 11.6 Å². The quantitative estimate of drug-likeness (QED) is 0.813. The minimum absolute atomic E-state index is 0.00799. The third kappa shape index (κ3) is 4.21. The molecule has 28 heavy (non-hydrogen) atoms. The average molecular weight is 390 g/mol. The lowest BCUT2D eigenvalue weighted by atomic mass is 9.88. The lowest BCUT2D eigenvalue weighted by Gasteiger charge is -2.26. The van der Waals surface area contributed by atoms with E-state index in [0.717, 1.165) is 44.3 Å². The molecule has 154 valence electrons. The number of amides is 2. The van der Waals surface area contributed by atoms with E-state index in [-0.39, 0.29) is 35.6 Å². The van der Waals surface area contributed by atoms with Crippen molar-refractivity contribution < 1.29 is 14.3 Å². The molecule has 8 nitrogen and oxygen atoms in total. The molecule has 0 bridgehead atoms. The number of rotatable bonds is 4. The lowest BCUT2D eigenvalue weighted by Crippen LogP contribution is -2.45. The van der Waals surface area contributed by atoms with Crippen molar-refractivity contribution in [2.24, 2.45) is 11.8 Å². The van der Waals surface area contributed by atoms with Crippen LogP contribution in [-0.4, -0.2) is 64.2 Å². The summed E-state index contributed by atoms with van der Waals surface area (Å²) in [5, 5.41) is 10.4. The highest BCUT2D eigenvalue weighted by Gasteiger charge is 2.41. The van der Waals surface area contributed by atoms with Gasteiger partial charge in [0.25, 0.3) is 0 Å². The fourth-order valence-electron chi connectivity index (χ4n) is 4.79. The number of ether oxygens (including phenoxy) is 1. The number of aromatic amines is 1. The van der Waals surface area contributed by atoms with E-state index in [1.807, 2.05) is 11.8 Å². The Bertz CT molecular complexity index is 694. The second-order valence-corrected chi connectivity index (χ2v) is 8.47. The summed E-state index contributed by atoms with van der Waals surface area (Å²) in [6.45, 7) is 4.26. The van der Waals surface area contributed by atoms with Gasteiger partial charge >= 0.3 is 0 Å². The molecule has 1 aromatic rings. The second-order valence-electron chi connectivity index (χ2n) is 8.47. The molecule has 2 saturated heterocycles. The summed E-state index contributed by atoms with van der Waals surface area (Å²) >= 11 is 0. The molecular weight excluding hydrogens is 358 g/mol. The van der Waals surface area contributed by atoms with Crippen LogP contribution in [0.25, 0.3) is 0 Å². The van der Waals surface area contributed by atoms with Crippen molar-refractivity contribution in [3.63, 3.8) is 0 Å². The summed E-state index contributed by atoms with van der Waals surface area (Å²) in [4.78, 5) is 32.3. The number of carbonyl (C=O) groups excluding carboxylic acids is 2. The Morgan fingerprint density at radius 3 is 2.50 bits per heavy atom. The molecule has 3 heterocycles. The van der Waals surface area contributed by atoms with Crippen LogP contribution in [0.15, 0.2) is 0 Å². The van der Waals surface area contributed by atoms with Gasteiger partial charge in [-0.1, -0.05) is 19.3 Å². The third-order valence-corrected chi connectivity index (χ3v) is 6.45. The monoisotopic (exact) mass is 389 g/mol. The van der Waals surface area contributed by atoms with Gasteiger partial charge in [-0.2, -0.15) is 5.10 Å². The van der Waals surface area contributed by atoms with Gasteiger partial charge in [0.05, 0.1) is 12.0 Å². The van der Waals surface area contributed by atoms with Crippen LogP contribution in [0.2, 0.25) is 0 Å². The Balaban J connectivity index is 1.46. The number of nitrogens with one attached hydrogen (secondary N) is 2. The molecule has 2 N–H and O–H groups in total. The summed E-state index contributed by atoms with van der Waals surface area (Å²) in [5.74, 6) is 1.80. The highest BCUT2D eigenvalue weighted by atomic mass is 16.5. The van der Waals surface area contributed by atoms with E-state index in [0.29, 0.717) is 32.1 Å². The number of carbonyl (C=O) groups is 2. The van der Waals surface area contributed by atoms with Crippen molar-refractivity contribution in [1.29, 1.82) is 0 Å². The number of aromatic nitrogens is 3. The standard InChI is InChI=1S/C20H31N5O3/c1-13-21-18(24-23-13)16-11-25(20(27)15-5-3-2-4-6-15)12-17(16)22-19(26)14-7-9-28-10-8-14/h14-17H,2-12H2,1H3,(H,22,26)(H,21,23,24)/t16-,17-/m1/s1. The van der Waals surface area contributed by atoms with Crippen molar-refractivity contribution in [2.75, 3.05) is 26.3 Å². The first-order chi connectivity index (χ1) is 13.6. The number of hydrogen-bond acceptors (Lipinski definition) is 5. The molecule has 1 saturated carbocycles. The maximum Gasteiger partial charge on any atom is 0.225 e. The van der Waals surface area contributed by atoms with Crippen LogP contribution < -0.4 is 5.32 Å². The van der Waals surface area contributed by atoms with Gasteiger partial charge in [-0.25, -0.2) is 4.98 Å². The zero-order valence-corrected chi connectivity index (χ0v) is 16.7. The summed E-state index contributed by atoms with van der Waals surface area (Å²) in [7, 11) is 0. The Hall–Kier alpha value is -1.96. The van der Waals surface area contributed by atoms with E-state index in [2.05, 4.69) is 20.5 Å². The van der Waals surface area contributed by atoms with Gasteiger partial charge in [-0.3, -0.25) is 14.7 Å². The van der Waals surface area contributed by atoms with Gasteiger partial charge in [-0.15, -0.1) is 0 Å².